The van der Waals surface area contributed by atoms with E-state index in [1.165, 1.54) is 0 Å². The van der Waals surface area contributed by atoms with Gasteiger partial charge in [-0.15, -0.1) is 5.10 Å². The molecule has 0 fully saturated rings. The quantitative estimate of drug-likeness (QED) is 0.778. The van der Waals surface area contributed by atoms with Gasteiger partial charge in [-0.3, -0.25) is 9.58 Å². The third kappa shape index (κ3) is 2.68. The second kappa shape index (κ2) is 4.62. The second-order valence-corrected chi connectivity index (χ2v) is 4.15. The molecule has 2 heterocycles. The number of aromatic nitrogens is 5. The molecule has 7 nitrogen and oxygen atoms in total. The Morgan fingerprint density at radius 3 is 2.82 bits per heavy atom. The smallest absolute Gasteiger partial charge is 0.243 e. The van der Waals surface area contributed by atoms with Crippen molar-refractivity contribution in [2.24, 2.45) is 7.05 Å². The van der Waals surface area contributed by atoms with Gasteiger partial charge < -0.3 is 4.52 Å². The van der Waals surface area contributed by atoms with Gasteiger partial charge >= 0.3 is 0 Å². The molecule has 7 heteroatoms. The topological polar surface area (TPSA) is 72.9 Å². The van der Waals surface area contributed by atoms with Crippen molar-refractivity contribution in [2.75, 3.05) is 7.05 Å². The zero-order valence-corrected chi connectivity index (χ0v) is 10.5. The molecule has 2 rings (SSSR count). The van der Waals surface area contributed by atoms with Gasteiger partial charge in [-0.05, 0) is 20.9 Å². The molecule has 1 atom stereocenters. The van der Waals surface area contributed by atoms with Gasteiger partial charge in [0.1, 0.15) is 0 Å². The fourth-order valence-electron chi connectivity index (χ4n) is 1.53. The molecule has 0 radical (unpaired) electrons. The van der Waals surface area contributed by atoms with Gasteiger partial charge in [0.2, 0.25) is 5.89 Å². The lowest BCUT2D eigenvalue weighted by Crippen LogP contribution is -2.22. The number of rotatable bonds is 4. The van der Waals surface area contributed by atoms with Gasteiger partial charge in [0.25, 0.3) is 0 Å². The molecule has 0 spiro atoms. The van der Waals surface area contributed by atoms with Crippen molar-refractivity contribution >= 4 is 0 Å². The first-order valence-electron chi connectivity index (χ1n) is 5.42. The standard InChI is InChI=1S/C10H16N6O/c1-7(10-11-8(2)13-17-10)15(3)5-9-6-16(4)14-12-9/h6-7H,5H2,1-4H3. The van der Waals surface area contributed by atoms with Gasteiger partial charge in [0.15, 0.2) is 5.82 Å². The van der Waals surface area contributed by atoms with Crippen molar-refractivity contribution in [1.29, 1.82) is 0 Å². The maximum Gasteiger partial charge on any atom is 0.243 e. The van der Waals surface area contributed by atoms with Crippen LogP contribution in [0.15, 0.2) is 10.7 Å². The van der Waals surface area contributed by atoms with E-state index in [0.717, 1.165) is 5.69 Å². The van der Waals surface area contributed by atoms with E-state index in [9.17, 15) is 0 Å². The Kier molecular flexibility index (Phi) is 3.19. The average Bonchev–Trinajstić information content (AvgIpc) is 2.87. The van der Waals surface area contributed by atoms with Crippen LogP contribution < -0.4 is 0 Å². The Balaban J connectivity index is 2.02. The molecule has 0 bridgehead atoms. The lowest BCUT2D eigenvalue weighted by Gasteiger charge is -2.19. The predicted molar refractivity (Wildman–Crippen MR) is 59.9 cm³/mol. The monoisotopic (exact) mass is 236 g/mol. The largest absolute Gasteiger partial charge is 0.338 e. The Bertz CT molecular complexity index is 490. The van der Waals surface area contributed by atoms with Gasteiger partial charge in [-0.25, -0.2) is 0 Å². The average molecular weight is 236 g/mol. The van der Waals surface area contributed by atoms with E-state index in [0.29, 0.717) is 18.3 Å². The molecule has 2 aromatic heterocycles. The van der Waals surface area contributed by atoms with Gasteiger partial charge in [-0.2, -0.15) is 4.98 Å². The highest BCUT2D eigenvalue weighted by molar-refractivity contribution is 4.95. The first-order valence-corrected chi connectivity index (χ1v) is 5.42. The maximum absolute atomic E-state index is 5.15. The first-order chi connectivity index (χ1) is 8.06. The second-order valence-electron chi connectivity index (χ2n) is 4.15. The van der Waals surface area contributed by atoms with E-state index in [1.807, 2.05) is 34.1 Å². The minimum absolute atomic E-state index is 0.0539. The van der Waals surface area contributed by atoms with Crippen LogP contribution in [-0.4, -0.2) is 37.1 Å². The van der Waals surface area contributed by atoms with Gasteiger partial charge in [-0.1, -0.05) is 10.4 Å². The summed E-state index contributed by atoms with van der Waals surface area (Å²) in [5.41, 5.74) is 0.915. The number of hydrogen-bond acceptors (Lipinski definition) is 6. The Morgan fingerprint density at radius 2 is 2.29 bits per heavy atom. The Hall–Kier alpha value is -1.76. The molecular weight excluding hydrogens is 220 g/mol. The molecule has 0 saturated heterocycles. The summed E-state index contributed by atoms with van der Waals surface area (Å²) in [5, 5.41) is 11.7. The summed E-state index contributed by atoms with van der Waals surface area (Å²) in [5.74, 6) is 1.27. The highest BCUT2D eigenvalue weighted by Gasteiger charge is 2.18. The summed E-state index contributed by atoms with van der Waals surface area (Å²) in [4.78, 5) is 6.30. The van der Waals surface area contributed by atoms with E-state index in [2.05, 4.69) is 25.4 Å². The molecule has 0 aliphatic rings. The summed E-state index contributed by atoms with van der Waals surface area (Å²) in [7, 11) is 3.83. The lowest BCUT2D eigenvalue weighted by atomic mass is 10.3. The van der Waals surface area contributed by atoms with Crippen molar-refractivity contribution < 1.29 is 4.52 Å². The van der Waals surface area contributed by atoms with Crippen LogP contribution in [0.4, 0.5) is 0 Å². The van der Waals surface area contributed by atoms with E-state index in [-0.39, 0.29) is 6.04 Å². The minimum atomic E-state index is 0.0539. The highest BCUT2D eigenvalue weighted by Crippen LogP contribution is 2.17. The van der Waals surface area contributed by atoms with Crippen LogP contribution in [0.1, 0.15) is 30.4 Å². The van der Waals surface area contributed by atoms with Gasteiger partial charge in [0, 0.05) is 19.8 Å². The SMILES string of the molecule is Cc1noc(C(C)N(C)Cc2cn(C)nn2)n1. The van der Waals surface area contributed by atoms with Crippen LogP contribution in [0.3, 0.4) is 0 Å². The highest BCUT2D eigenvalue weighted by atomic mass is 16.5. The normalized spacial score (nSPS) is 13.2. The van der Waals surface area contributed by atoms with Crippen LogP contribution in [-0.2, 0) is 13.6 Å². The van der Waals surface area contributed by atoms with Crippen LogP contribution in [0, 0.1) is 6.92 Å². The van der Waals surface area contributed by atoms with Crippen LogP contribution >= 0.6 is 0 Å². The fourth-order valence-corrected chi connectivity index (χ4v) is 1.53. The summed E-state index contributed by atoms with van der Waals surface area (Å²) >= 11 is 0. The van der Waals surface area contributed by atoms with Crippen molar-refractivity contribution in [3.05, 3.63) is 23.6 Å². The molecule has 17 heavy (non-hydrogen) atoms. The molecule has 0 N–H and O–H groups in total. The molecule has 1 unspecified atom stereocenters. The van der Waals surface area contributed by atoms with Crippen molar-refractivity contribution in [3.63, 3.8) is 0 Å². The summed E-state index contributed by atoms with van der Waals surface area (Å²) in [6, 6.07) is 0.0539. The van der Waals surface area contributed by atoms with Crippen molar-refractivity contribution in [1.82, 2.24) is 30.0 Å². The molecule has 0 amide bonds. The van der Waals surface area contributed by atoms with Crippen LogP contribution in [0.2, 0.25) is 0 Å². The Morgan fingerprint density at radius 1 is 1.53 bits per heavy atom. The molecule has 0 aromatic carbocycles. The summed E-state index contributed by atoms with van der Waals surface area (Å²) in [6.45, 7) is 4.52. The lowest BCUT2D eigenvalue weighted by molar-refractivity contribution is 0.200. The zero-order chi connectivity index (χ0) is 12.4. The minimum Gasteiger partial charge on any atom is -0.338 e. The first kappa shape index (κ1) is 11.7. The van der Waals surface area contributed by atoms with Crippen molar-refractivity contribution in [3.8, 4) is 0 Å². The molecule has 2 aromatic rings. The maximum atomic E-state index is 5.15. The van der Waals surface area contributed by atoms with Gasteiger partial charge in [0.05, 0.1) is 11.7 Å². The third-order valence-corrected chi connectivity index (χ3v) is 2.62. The molecule has 92 valence electrons. The van der Waals surface area contributed by atoms with Crippen LogP contribution in [0.25, 0.3) is 0 Å². The molecule has 0 saturated carbocycles. The predicted octanol–water partition coefficient (Wildman–Crippen LogP) is 0.700. The molecular formula is C10H16N6O. The number of aryl methyl sites for hydroxylation is 2. The molecule has 0 aliphatic heterocycles. The Labute approximate surface area is 99.4 Å². The summed E-state index contributed by atoms with van der Waals surface area (Å²) in [6.07, 6.45) is 1.89. The van der Waals surface area contributed by atoms with E-state index in [4.69, 9.17) is 4.52 Å². The third-order valence-electron chi connectivity index (χ3n) is 2.62. The summed E-state index contributed by atoms with van der Waals surface area (Å²) < 4.78 is 6.83. The van der Waals surface area contributed by atoms with E-state index in [1.54, 1.807) is 4.68 Å². The van der Waals surface area contributed by atoms with E-state index >= 15 is 0 Å². The number of hydrogen-bond donors (Lipinski definition) is 0. The fraction of sp³-hybridized carbons (Fsp3) is 0.600. The zero-order valence-electron chi connectivity index (χ0n) is 10.5. The molecule has 0 aliphatic carbocycles. The van der Waals surface area contributed by atoms with Crippen LogP contribution in [0.5, 0.6) is 0 Å². The van der Waals surface area contributed by atoms with E-state index < -0.39 is 0 Å². The number of nitrogens with zero attached hydrogens (tertiary/aromatic N) is 6. The van der Waals surface area contributed by atoms with Crippen molar-refractivity contribution in [2.45, 2.75) is 26.4 Å².